The first kappa shape index (κ1) is 15.2. The van der Waals surface area contributed by atoms with E-state index in [1.165, 1.54) is 21.3 Å². The Bertz CT molecular complexity index is 667. The molecule has 0 aliphatic heterocycles. The molecule has 0 N–H and O–H groups in total. The van der Waals surface area contributed by atoms with Crippen LogP contribution in [-0.4, -0.2) is 27.1 Å². The van der Waals surface area contributed by atoms with Crippen LogP contribution in [0.15, 0.2) is 36.4 Å². The lowest BCUT2D eigenvalue weighted by molar-refractivity contribution is 0.103. The molecule has 0 radical (unpaired) electrons. The Morgan fingerprint density at radius 2 is 1.43 bits per heavy atom. The van der Waals surface area contributed by atoms with E-state index in [4.69, 9.17) is 25.8 Å². The second-order valence-electron chi connectivity index (χ2n) is 4.22. The maximum atomic E-state index is 12.7. The predicted octanol–water partition coefficient (Wildman–Crippen LogP) is 3.60. The molecule has 0 aromatic heterocycles. The van der Waals surface area contributed by atoms with Gasteiger partial charge in [0.15, 0.2) is 17.3 Å². The molecule has 0 saturated heterocycles. The maximum absolute atomic E-state index is 12.7. The Morgan fingerprint density at radius 1 is 0.857 bits per heavy atom. The fraction of sp³-hybridized carbons (Fsp3) is 0.188. The van der Waals surface area contributed by atoms with Crippen molar-refractivity contribution in [3.05, 3.63) is 52.5 Å². The van der Waals surface area contributed by atoms with E-state index in [0.29, 0.717) is 33.4 Å². The minimum atomic E-state index is -0.238. The molecule has 110 valence electrons. The van der Waals surface area contributed by atoms with Gasteiger partial charge in [-0.25, -0.2) is 0 Å². The summed E-state index contributed by atoms with van der Waals surface area (Å²) in [6, 6.07) is 10.1. The van der Waals surface area contributed by atoms with Crippen molar-refractivity contribution in [2.45, 2.75) is 0 Å². The van der Waals surface area contributed by atoms with E-state index in [9.17, 15) is 4.79 Å². The minimum Gasteiger partial charge on any atom is -0.496 e. The quantitative estimate of drug-likeness (QED) is 0.792. The lowest BCUT2D eigenvalue weighted by Crippen LogP contribution is -2.05. The standard InChI is InChI=1S/C16H15ClO4/c1-19-13-7-5-4-6-10(13)16(18)11-8-14(20-2)15(21-3)9-12(11)17/h4-9H,1-3H3. The molecule has 0 aliphatic rings. The van der Waals surface area contributed by atoms with Crippen LogP contribution in [0.4, 0.5) is 0 Å². The van der Waals surface area contributed by atoms with Crippen molar-refractivity contribution in [1.29, 1.82) is 0 Å². The molecule has 0 atom stereocenters. The fourth-order valence-corrected chi connectivity index (χ4v) is 2.24. The summed E-state index contributed by atoms with van der Waals surface area (Å²) in [7, 11) is 4.53. The van der Waals surface area contributed by atoms with Crippen LogP contribution in [0.25, 0.3) is 0 Å². The normalized spacial score (nSPS) is 10.1. The molecule has 2 rings (SSSR count). The lowest BCUT2D eigenvalue weighted by Gasteiger charge is -2.12. The second-order valence-corrected chi connectivity index (χ2v) is 4.62. The number of para-hydroxylation sites is 1. The molecule has 4 nitrogen and oxygen atoms in total. The van der Waals surface area contributed by atoms with E-state index in [1.807, 2.05) is 0 Å². The highest BCUT2D eigenvalue weighted by Gasteiger charge is 2.19. The number of hydrogen-bond acceptors (Lipinski definition) is 4. The number of rotatable bonds is 5. The molecule has 0 fully saturated rings. The molecule has 0 unspecified atom stereocenters. The average Bonchev–Trinajstić information content (AvgIpc) is 2.53. The third-order valence-electron chi connectivity index (χ3n) is 3.07. The molecular formula is C16H15ClO4. The zero-order chi connectivity index (χ0) is 15.4. The molecule has 0 bridgehead atoms. The van der Waals surface area contributed by atoms with Crippen LogP contribution in [0.2, 0.25) is 5.02 Å². The minimum absolute atomic E-state index is 0.238. The smallest absolute Gasteiger partial charge is 0.198 e. The van der Waals surface area contributed by atoms with Gasteiger partial charge in [-0.05, 0) is 18.2 Å². The van der Waals surface area contributed by atoms with Gasteiger partial charge in [-0.2, -0.15) is 0 Å². The van der Waals surface area contributed by atoms with Crippen molar-refractivity contribution in [3.63, 3.8) is 0 Å². The van der Waals surface area contributed by atoms with E-state index >= 15 is 0 Å². The van der Waals surface area contributed by atoms with Crippen molar-refractivity contribution < 1.29 is 19.0 Å². The van der Waals surface area contributed by atoms with Crippen molar-refractivity contribution in [3.8, 4) is 17.2 Å². The number of benzene rings is 2. The van der Waals surface area contributed by atoms with Gasteiger partial charge >= 0.3 is 0 Å². The number of ether oxygens (including phenoxy) is 3. The highest BCUT2D eigenvalue weighted by atomic mass is 35.5. The van der Waals surface area contributed by atoms with Crippen molar-refractivity contribution >= 4 is 17.4 Å². The Balaban J connectivity index is 2.53. The van der Waals surface area contributed by atoms with Gasteiger partial charge < -0.3 is 14.2 Å². The Hall–Kier alpha value is -2.20. The molecular weight excluding hydrogens is 292 g/mol. The molecule has 2 aromatic rings. The van der Waals surface area contributed by atoms with E-state index in [0.717, 1.165) is 0 Å². The molecule has 0 heterocycles. The fourth-order valence-electron chi connectivity index (χ4n) is 2.01. The Morgan fingerprint density at radius 3 is 2.05 bits per heavy atom. The van der Waals surface area contributed by atoms with Gasteiger partial charge in [0, 0.05) is 11.6 Å². The number of ketones is 1. The van der Waals surface area contributed by atoms with Gasteiger partial charge in [0.25, 0.3) is 0 Å². The van der Waals surface area contributed by atoms with Gasteiger partial charge in [0.1, 0.15) is 5.75 Å². The summed E-state index contributed by atoms with van der Waals surface area (Å²) in [6.45, 7) is 0. The van der Waals surface area contributed by atoms with Crippen LogP contribution in [0.1, 0.15) is 15.9 Å². The van der Waals surface area contributed by atoms with Crippen molar-refractivity contribution in [2.24, 2.45) is 0 Å². The van der Waals surface area contributed by atoms with Crippen LogP contribution in [0, 0.1) is 0 Å². The summed E-state index contributed by atoms with van der Waals surface area (Å²) in [5.41, 5.74) is 0.771. The molecule has 0 saturated carbocycles. The molecule has 0 amide bonds. The number of carbonyl (C=O) groups is 1. The maximum Gasteiger partial charge on any atom is 0.198 e. The highest BCUT2D eigenvalue weighted by molar-refractivity contribution is 6.35. The number of methoxy groups -OCH3 is 3. The second kappa shape index (κ2) is 6.50. The molecule has 0 spiro atoms. The lowest BCUT2D eigenvalue weighted by atomic mass is 10.0. The van der Waals surface area contributed by atoms with Gasteiger partial charge in [-0.15, -0.1) is 0 Å². The number of hydrogen-bond donors (Lipinski definition) is 0. The van der Waals surface area contributed by atoms with Crippen molar-refractivity contribution in [2.75, 3.05) is 21.3 Å². The largest absolute Gasteiger partial charge is 0.496 e. The Labute approximate surface area is 128 Å². The van der Waals surface area contributed by atoms with Crippen LogP contribution >= 0.6 is 11.6 Å². The summed E-state index contributed by atoms with van der Waals surface area (Å²) < 4.78 is 15.6. The zero-order valence-electron chi connectivity index (χ0n) is 12.0. The van der Waals surface area contributed by atoms with Crippen molar-refractivity contribution in [1.82, 2.24) is 0 Å². The first-order valence-electron chi connectivity index (χ1n) is 6.21. The van der Waals surface area contributed by atoms with E-state index in [-0.39, 0.29) is 5.78 Å². The van der Waals surface area contributed by atoms with E-state index in [2.05, 4.69) is 0 Å². The van der Waals surface area contributed by atoms with Crippen LogP contribution in [0.3, 0.4) is 0 Å². The molecule has 21 heavy (non-hydrogen) atoms. The summed E-state index contributed by atoms with van der Waals surface area (Å²) in [4.78, 5) is 12.7. The average molecular weight is 307 g/mol. The third kappa shape index (κ3) is 2.95. The number of carbonyl (C=O) groups excluding carboxylic acids is 1. The Kier molecular flexibility index (Phi) is 4.70. The van der Waals surface area contributed by atoms with Gasteiger partial charge in [-0.1, -0.05) is 23.7 Å². The molecule has 5 heteroatoms. The van der Waals surface area contributed by atoms with Gasteiger partial charge in [0.2, 0.25) is 0 Å². The number of halogens is 1. The summed E-state index contributed by atoms with van der Waals surface area (Å²) in [5, 5.41) is 0.295. The van der Waals surface area contributed by atoms with E-state index < -0.39 is 0 Å². The topological polar surface area (TPSA) is 44.8 Å². The first-order chi connectivity index (χ1) is 10.1. The third-order valence-corrected chi connectivity index (χ3v) is 3.38. The highest BCUT2D eigenvalue weighted by Crippen LogP contribution is 2.35. The summed E-state index contributed by atoms with van der Waals surface area (Å²) in [5.74, 6) is 1.17. The van der Waals surface area contributed by atoms with Crippen LogP contribution < -0.4 is 14.2 Å². The molecule has 2 aromatic carbocycles. The summed E-state index contributed by atoms with van der Waals surface area (Å²) >= 11 is 6.18. The SMILES string of the molecule is COc1cc(Cl)c(C(=O)c2ccccc2OC)cc1OC. The van der Waals surface area contributed by atoms with Crippen LogP contribution in [-0.2, 0) is 0 Å². The van der Waals surface area contributed by atoms with Crippen LogP contribution in [0.5, 0.6) is 17.2 Å². The van der Waals surface area contributed by atoms with E-state index in [1.54, 1.807) is 36.4 Å². The first-order valence-corrected chi connectivity index (χ1v) is 6.59. The monoisotopic (exact) mass is 306 g/mol. The summed E-state index contributed by atoms with van der Waals surface area (Å²) in [6.07, 6.45) is 0. The molecule has 0 aliphatic carbocycles. The zero-order valence-corrected chi connectivity index (χ0v) is 12.7. The predicted molar refractivity (Wildman–Crippen MR) is 81.0 cm³/mol. The van der Waals surface area contributed by atoms with Gasteiger partial charge in [0.05, 0.1) is 31.9 Å². The van der Waals surface area contributed by atoms with Gasteiger partial charge in [-0.3, -0.25) is 4.79 Å².